The first kappa shape index (κ1) is 14.4. The van der Waals surface area contributed by atoms with Crippen LogP contribution in [-0.2, 0) is 0 Å². The molecular formula is C15H10F2N2O2S. The zero-order chi connectivity index (χ0) is 15.7. The molecule has 22 heavy (non-hydrogen) atoms. The molecule has 0 saturated heterocycles. The Kier molecular flexibility index (Phi) is 3.72. The van der Waals surface area contributed by atoms with Crippen LogP contribution < -0.4 is 5.32 Å². The third-order valence-corrected chi connectivity index (χ3v) is 3.76. The van der Waals surface area contributed by atoms with E-state index >= 15 is 0 Å². The summed E-state index contributed by atoms with van der Waals surface area (Å²) in [5.74, 6) is -1.38. The van der Waals surface area contributed by atoms with Crippen LogP contribution in [0.2, 0.25) is 0 Å². The van der Waals surface area contributed by atoms with Crippen molar-refractivity contribution in [2.24, 2.45) is 0 Å². The number of furan rings is 1. The average molecular weight is 320 g/mol. The maximum absolute atomic E-state index is 13.7. The minimum absolute atomic E-state index is 0.0472. The van der Waals surface area contributed by atoms with Crippen molar-refractivity contribution < 1.29 is 18.0 Å². The van der Waals surface area contributed by atoms with E-state index in [1.807, 2.05) is 0 Å². The second-order valence-electron chi connectivity index (χ2n) is 4.55. The van der Waals surface area contributed by atoms with E-state index in [2.05, 4.69) is 10.3 Å². The number of nitrogens with one attached hydrogen (secondary N) is 1. The predicted octanol–water partition coefficient (Wildman–Crippen LogP) is 4.24. The molecule has 0 saturated carbocycles. The van der Waals surface area contributed by atoms with Crippen LogP contribution in [0.4, 0.5) is 13.9 Å². The van der Waals surface area contributed by atoms with Crippen LogP contribution >= 0.6 is 11.3 Å². The lowest BCUT2D eigenvalue weighted by atomic mass is 10.1. The Hall–Kier alpha value is -2.54. The first-order valence-corrected chi connectivity index (χ1v) is 7.19. The maximum Gasteiger partial charge on any atom is 0.293 e. The number of aromatic nitrogens is 1. The highest BCUT2D eigenvalue weighted by molar-refractivity contribution is 7.14. The lowest BCUT2D eigenvalue weighted by molar-refractivity contribution is 0.0996. The quantitative estimate of drug-likeness (QED) is 0.785. The summed E-state index contributed by atoms with van der Waals surface area (Å²) >= 11 is 1.12. The molecule has 0 unspecified atom stereocenters. The molecule has 3 aromatic rings. The van der Waals surface area contributed by atoms with E-state index in [0.717, 1.165) is 29.5 Å². The van der Waals surface area contributed by atoms with E-state index in [4.69, 9.17) is 4.42 Å². The van der Waals surface area contributed by atoms with Gasteiger partial charge in [-0.3, -0.25) is 10.1 Å². The molecule has 3 rings (SSSR count). The molecule has 0 fully saturated rings. The molecule has 0 aliphatic carbocycles. The van der Waals surface area contributed by atoms with Crippen LogP contribution in [0.3, 0.4) is 0 Å². The molecule has 7 heteroatoms. The summed E-state index contributed by atoms with van der Waals surface area (Å²) < 4.78 is 32.0. The Morgan fingerprint density at radius 1 is 1.32 bits per heavy atom. The average Bonchev–Trinajstić information content (AvgIpc) is 3.10. The third-order valence-electron chi connectivity index (χ3n) is 3.00. The molecule has 0 atom stereocenters. The summed E-state index contributed by atoms with van der Waals surface area (Å²) in [4.78, 5) is 16.1. The minimum Gasteiger partial charge on any atom is -0.459 e. The zero-order valence-corrected chi connectivity index (χ0v) is 12.2. The number of halogens is 2. The first-order valence-electron chi connectivity index (χ1n) is 6.31. The van der Waals surface area contributed by atoms with E-state index in [-0.39, 0.29) is 22.1 Å². The number of aryl methyl sites for hydroxylation is 1. The number of hydrogen-bond acceptors (Lipinski definition) is 4. The van der Waals surface area contributed by atoms with Crippen LogP contribution in [0.5, 0.6) is 0 Å². The van der Waals surface area contributed by atoms with Gasteiger partial charge in [-0.25, -0.2) is 13.8 Å². The smallest absolute Gasteiger partial charge is 0.293 e. The van der Waals surface area contributed by atoms with Crippen molar-refractivity contribution in [1.29, 1.82) is 0 Å². The normalized spacial score (nSPS) is 10.7. The summed E-state index contributed by atoms with van der Waals surface area (Å²) in [5.41, 5.74) is 1.00. The van der Waals surface area contributed by atoms with Gasteiger partial charge in [0.1, 0.15) is 11.6 Å². The molecule has 0 radical (unpaired) electrons. The Morgan fingerprint density at radius 2 is 2.14 bits per heavy atom. The van der Waals surface area contributed by atoms with Crippen molar-refractivity contribution in [2.45, 2.75) is 6.92 Å². The molecule has 0 aliphatic rings. The molecule has 1 N–H and O–H groups in total. The van der Waals surface area contributed by atoms with Crippen molar-refractivity contribution in [1.82, 2.24) is 4.98 Å². The van der Waals surface area contributed by atoms with E-state index in [9.17, 15) is 13.6 Å². The number of amides is 1. The molecule has 1 aromatic carbocycles. The second kappa shape index (κ2) is 5.69. The standard InChI is InChI=1S/C15H10F2N2O2S/c1-8-4-5-21-13(8)14(20)19-15-18-12(7-22-15)10-6-9(16)2-3-11(10)17/h2-7H,1H3,(H,18,19,20). The molecular weight excluding hydrogens is 310 g/mol. The lowest BCUT2D eigenvalue weighted by Crippen LogP contribution is -2.11. The molecule has 0 aliphatic heterocycles. The van der Waals surface area contributed by atoms with E-state index in [1.54, 1.807) is 18.4 Å². The molecule has 0 bridgehead atoms. The number of carbonyl (C=O) groups excluding carboxylic acids is 1. The van der Waals surface area contributed by atoms with Crippen LogP contribution in [0, 0.1) is 18.6 Å². The van der Waals surface area contributed by atoms with Gasteiger partial charge in [-0.05, 0) is 31.2 Å². The predicted molar refractivity (Wildman–Crippen MR) is 78.9 cm³/mol. The van der Waals surface area contributed by atoms with Crippen molar-refractivity contribution >= 4 is 22.4 Å². The summed E-state index contributed by atoms with van der Waals surface area (Å²) in [5, 5.41) is 4.39. The highest BCUT2D eigenvalue weighted by Gasteiger charge is 2.16. The second-order valence-corrected chi connectivity index (χ2v) is 5.41. The molecule has 2 aromatic heterocycles. The zero-order valence-electron chi connectivity index (χ0n) is 11.4. The largest absolute Gasteiger partial charge is 0.459 e. The number of rotatable bonds is 3. The van der Waals surface area contributed by atoms with Crippen molar-refractivity contribution in [3.05, 3.63) is 58.9 Å². The molecule has 2 heterocycles. The van der Waals surface area contributed by atoms with Crippen LogP contribution in [-0.4, -0.2) is 10.9 Å². The Morgan fingerprint density at radius 3 is 2.86 bits per heavy atom. The van der Waals surface area contributed by atoms with Crippen molar-refractivity contribution in [3.8, 4) is 11.3 Å². The van der Waals surface area contributed by atoms with E-state index in [1.165, 1.54) is 6.26 Å². The summed E-state index contributed by atoms with van der Waals surface area (Å²) in [6.07, 6.45) is 1.42. The van der Waals surface area contributed by atoms with Crippen molar-refractivity contribution in [2.75, 3.05) is 5.32 Å². The third kappa shape index (κ3) is 2.75. The fourth-order valence-corrected chi connectivity index (χ4v) is 2.61. The number of nitrogens with zero attached hydrogens (tertiary/aromatic N) is 1. The monoisotopic (exact) mass is 320 g/mol. The van der Waals surface area contributed by atoms with Gasteiger partial charge in [0.2, 0.25) is 0 Å². The van der Waals surface area contributed by atoms with Gasteiger partial charge >= 0.3 is 0 Å². The van der Waals surface area contributed by atoms with Crippen LogP contribution in [0.1, 0.15) is 16.1 Å². The van der Waals surface area contributed by atoms with Gasteiger partial charge in [0.05, 0.1) is 12.0 Å². The van der Waals surface area contributed by atoms with E-state index < -0.39 is 17.5 Å². The number of benzene rings is 1. The fraction of sp³-hybridized carbons (Fsp3) is 0.0667. The molecule has 4 nitrogen and oxygen atoms in total. The summed E-state index contributed by atoms with van der Waals surface area (Å²) in [7, 11) is 0. The SMILES string of the molecule is Cc1ccoc1C(=O)Nc1nc(-c2cc(F)ccc2F)cs1. The number of thiazole rings is 1. The molecule has 0 spiro atoms. The fourth-order valence-electron chi connectivity index (χ4n) is 1.91. The van der Waals surface area contributed by atoms with Gasteiger partial charge in [0.25, 0.3) is 5.91 Å². The van der Waals surface area contributed by atoms with Crippen molar-refractivity contribution in [3.63, 3.8) is 0 Å². The van der Waals surface area contributed by atoms with Gasteiger partial charge in [0.15, 0.2) is 10.9 Å². The Bertz CT molecular complexity index is 842. The Labute approximate surface area is 128 Å². The number of hydrogen-bond donors (Lipinski definition) is 1. The summed E-state index contributed by atoms with van der Waals surface area (Å²) in [6.45, 7) is 1.74. The first-order chi connectivity index (χ1) is 10.5. The highest BCUT2D eigenvalue weighted by Crippen LogP contribution is 2.28. The summed E-state index contributed by atoms with van der Waals surface area (Å²) in [6, 6.07) is 4.80. The minimum atomic E-state index is -0.577. The maximum atomic E-state index is 13.7. The Balaban J connectivity index is 1.84. The van der Waals surface area contributed by atoms with E-state index in [0.29, 0.717) is 5.56 Å². The van der Waals surface area contributed by atoms with Gasteiger partial charge in [-0.1, -0.05) is 0 Å². The van der Waals surface area contributed by atoms with Gasteiger partial charge in [-0.2, -0.15) is 0 Å². The van der Waals surface area contributed by atoms with Gasteiger partial charge < -0.3 is 4.42 Å². The highest BCUT2D eigenvalue weighted by atomic mass is 32.1. The van der Waals surface area contributed by atoms with Gasteiger partial charge in [0, 0.05) is 16.5 Å². The number of carbonyl (C=O) groups is 1. The number of anilines is 1. The molecule has 112 valence electrons. The topological polar surface area (TPSA) is 55.1 Å². The van der Waals surface area contributed by atoms with Crippen LogP contribution in [0.25, 0.3) is 11.3 Å². The van der Waals surface area contributed by atoms with Gasteiger partial charge in [-0.15, -0.1) is 11.3 Å². The lowest BCUT2D eigenvalue weighted by Gasteiger charge is -2.00. The molecule has 1 amide bonds. The van der Waals surface area contributed by atoms with Crippen LogP contribution in [0.15, 0.2) is 40.3 Å².